The van der Waals surface area contributed by atoms with E-state index in [-0.39, 0.29) is 0 Å². The van der Waals surface area contributed by atoms with Gasteiger partial charge in [0.2, 0.25) is 0 Å². The van der Waals surface area contributed by atoms with E-state index < -0.39 is 10.8 Å². The lowest BCUT2D eigenvalue weighted by Crippen LogP contribution is -2.07. The highest BCUT2D eigenvalue weighted by molar-refractivity contribution is 7.84. The largest absolute Gasteiger partial charge is 0.382 e. The lowest BCUT2D eigenvalue weighted by Gasteiger charge is -2.10. The van der Waals surface area contributed by atoms with Crippen LogP contribution >= 0.6 is 0 Å². The van der Waals surface area contributed by atoms with Gasteiger partial charge in [-0.25, -0.2) is 9.97 Å². The molecule has 1 atom stereocenters. The SMILES string of the molecule is CCCCS(=O)CCCCn1c(CC)nc2c(N)ncc(C)c21. The van der Waals surface area contributed by atoms with Crippen molar-refractivity contribution in [2.45, 2.75) is 59.4 Å². The van der Waals surface area contributed by atoms with Crippen LogP contribution in [-0.2, 0) is 23.8 Å². The van der Waals surface area contributed by atoms with Crippen molar-refractivity contribution < 1.29 is 4.21 Å². The van der Waals surface area contributed by atoms with Gasteiger partial charge in [0.15, 0.2) is 5.82 Å². The molecule has 0 aliphatic rings. The van der Waals surface area contributed by atoms with Gasteiger partial charge in [-0.2, -0.15) is 0 Å². The number of unbranched alkanes of at least 4 members (excludes halogenated alkanes) is 2. The summed E-state index contributed by atoms with van der Waals surface area (Å²) in [6.07, 6.45) is 6.85. The van der Waals surface area contributed by atoms with Gasteiger partial charge in [0.25, 0.3) is 0 Å². The van der Waals surface area contributed by atoms with Crippen LogP contribution in [-0.4, -0.2) is 30.2 Å². The van der Waals surface area contributed by atoms with E-state index in [1.54, 1.807) is 0 Å². The maximum atomic E-state index is 11.9. The Hall–Kier alpha value is -1.43. The summed E-state index contributed by atoms with van der Waals surface area (Å²) in [5.74, 6) is 3.19. The number of nitrogens with two attached hydrogens (primary N) is 1. The fraction of sp³-hybridized carbons (Fsp3) is 0.647. The third-order valence-corrected chi connectivity index (χ3v) is 5.59. The zero-order valence-electron chi connectivity index (χ0n) is 14.5. The summed E-state index contributed by atoms with van der Waals surface area (Å²) in [6.45, 7) is 7.19. The standard InChI is InChI=1S/C17H28N4OS/c1-4-6-10-23(22)11-8-7-9-21-14(5-2)20-15-16(21)13(3)12-19-17(15)18/h12H,4-11H2,1-3H3,(H2,18,19). The molecule has 0 saturated carbocycles. The molecular formula is C17H28N4OS. The van der Waals surface area contributed by atoms with Gasteiger partial charge in [-0.1, -0.05) is 20.3 Å². The number of pyridine rings is 1. The molecule has 0 saturated heterocycles. The Bertz CT molecular complexity index is 681. The van der Waals surface area contributed by atoms with E-state index >= 15 is 0 Å². The molecule has 23 heavy (non-hydrogen) atoms. The van der Waals surface area contributed by atoms with Gasteiger partial charge < -0.3 is 10.3 Å². The molecule has 5 nitrogen and oxygen atoms in total. The molecule has 0 bridgehead atoms. The highest BCUT2D eigenvalue weighted by Crippen LogP contribution is 2.24. The van der Waals surface area contributed by atoms with E-state index in [0.717, 1.165) is 72.6 Å². The highest BCUT2D eigenvalue weighted by Gasteiger charge is 2.14. The Morgan fingerprint density at radius 3 is 2.65 bits per heavy atom. The molecule has 1 unspecified atom stereocenters. The maximum Gasteiger partial charge on any atom is 0.151 e. The van der Waals surface area contributed by atoms with Crippen molar-refractivity contribution >= 4 is 27.7 Å². The Labute approximate surface area is 141 Å². The number of imidazole rings is 1. The second-order valence-electron chi connectivity index (χ2n) is 5.97. The quantitative estimate of drug-likeness (QED) is 0.714. The Morgan fingerprint density at radius 2 is 1.96 bits per heavy atom. The molecule has 0 fully saturated rings. The Morgan fingerprint density at radius 1 is 1.22 bits per heavy atom. The molecule has 0 aromatic carbocycles. The number of hydrogen-bond acceptors (Lipinski definition) is 4. The van der Waals surface area contributed by atoms with Crippen LogP contribution in [0.25, 0.3) is 11.0 Å². The predicted octanol–water partition coefficient (Wildman–Crippen LogP) is 3.21. The molecule has 0 aliphatic heterocycles. The molecule has 2 aromatic rings. The molecular weight excluding hydrogens is 308 g/mol. The lowest BCUT2D eigenvalue weighted by atomic mass is 10.2. The van der Waals surface area contributed by atoms with Gasteiger partial charge >= 0.3 is 0 Å². The number of aryl methyl sites for hydroxylation is 3. The second kappa shape index (κ2) is 8.43. The molecule has 2 rings (SSSR count). The summed E-state index contributed by atoms with van der Waals surface area (Å²) in [7, 11) is -0.665. The topological polar surface area (TPSA) is 73.8 Å². The molecule has 128 valence electrons. The average molecular weight is 337 g/mol. The first kappa shape index (κ1) is 17.9. The zero-order chi connectivity index (χ0) is 16.8. The van der Waals surface area contributed by atoms with E-state index in [2.05, 4.69) is 28.4 Å². The van der Waals surface area contributed by atoms with Gasteiger partial charge in [0.1, 0.15) is 11.3 Å². The van der Waals surface area contributed by atoms with E-state index in [0.29, 0.717) is 5.82 Å². The van der Waals surface area contributed by atoms with Crippen LogP contribution in [0.2, 0.25) is 0 Å². The fourth-order valence-corrected chi connectivity index (χ4v) is 4.16. The minimum Gasteiger partial charge on any atom is -0.382 e. The van der Waals surface area contributed by atoms with E-state index in [1.807, 2.05) is 13.1 Å². The summed E-state index contributed by atoms with van der Waals surface area (Å²) < 4.78 is 14.1. The van der Waals surface area contributed by atoms with E-state index in [1.165, 1.54) is 0 Å². The molecule has 2 aromatic heterocycles. The average Bonchev–Trinajstić information content (AvgIpc) is 2.93. The van der Waals surface area contributed by atoms with Crippen LogP contribution in [0.4, 0.5) is 5.82 Å². The highest BCUT2D eigenvalue weighted by atomic mass is 32.2. The van der Waals surface area contributed by atoms with Crippen molar-refractivity contribution in [1.29, 1.82) is 0 Å². The number of hydrogen-bond donors (Lipinski definition) is 1. The summed E-state index contributed by atoms with van der Waals surface area (Å²) in [5.41, 5.74) is 8.99. The minimum atomic E-state index is -0.665. The third kappa shape index (κ3) is 4.31. The van der Waals surface area contributed by atoms with Crippen LogP contribution < -0.4 is 5.73 Å². The van der Waals surface area contributed by atoms with Crippen molar-refractivity contribution in [3.8, 4) is 0 Å². The molecule has 0 spiro atoms. The summed E-state index contributed by atoms with van der Waals surface area (Å²) in [4.78, 5) is 8.87. The van der Waals surface area contributed by atoms with Crippen LogP contribution in [0, 0.1) is 6.92 Å². The van der Waals surface area contributed by atoms with Crippen LogP contribution in [0.3, 0.4) is 0 Å². The number of anilines is 1. The van der Waals surface area contributed by atoms with Gasteiger partial charge in [-0.3, -0.25) is 4.21 Å². The van der Waals surface area contributed by atoms with Gasteiger partial charge in [-0.15, -0.1) is 0 Å². The van der Waals surface area contributed by atoms with Gasteiger partial charge in [0.05, 0.1) is 5.52 Å². The maximum absolute atomic E-state index is 11.9. The zero-order valence-corrected chi connectivity index (χ0v) is 15.3. The van der Waals surface area contributed by atoms with Crippen LogP contribution in [0.15, 0.2) is 6.20 Å². The fourth-order valence-electron chi connectivity index (χ4n) is 2.82. The van der Waals surface area contributed by atoms with Crippen molar-refractivity contribution in [1.82, 2.24) is 14.5 Å². The molecule has 0 amide bonds. The van der Waals surface area contributed by atoms with Gasteiger partial charge in [-0.05, 0) is 31.7 Å². The number of aromatic nitrogens is 3. The van der Waals surface area contributed by atoms with E-state index in [9.17, 15) is 4.21 Å². The summed E-state index contributed by atoms with van der Waals surface area (Å²) in [5, 5.41) is 0. The Kier molecular flexibility index (Phi) is 6.57. The first-order valence-electron chi connectivity index (χ1n) is 8.53. The molecule has 0 radical (unpaired) electrons. The van der Waals surface area contributed by atoms with E-state index in [4.69, 9.17) is 5.73 Å². The summed E-state index contributed by atoms with van der Waals surface area (Å²) >= 11 is 0. The number of nitrogens with zero attached hydrogens (tertiary/aromatic N) is 3. The summed E-state index contributed by atoms with van der Waals surface area (Å²) in [6, 6.07) is 0. The lowest BCUT2D eigenvalue weighted by molar-refractivity contribution is 0.616. The van der Waals surface area contributed by atoms with Crippen LogP contribution in [0.5, 0.6) is 0 Å². The minimum absolute atomic E-state index is 0.500. The first-order chi connectivity index (χ1) is 11.1. The van der Waals surface area contributed by atoms with Crippen molar-refractivity contribution in [3.63, 3.8) is 0 Å². The number of rotatable bonds is 9. The predicted molar refractivity (Wildman–Crippen MR) is 98.1 cm³/mol. The Balaban J connectivity index is 2.05. The van der Waals surface area contributed by atoms with Crippen molar-refractivity contribution in [2.24, 2.45) is 0 Å². The van der Waals surface area contributed by atoms with Crippen molar-refractivity contribution in [3.05, 3.63) is 17.6 Å². The molecule has 2 heterocycles. The van der Waals surface area contributed by atoms with Gasteiger partial charge in [0, 0.05) is 41.5 Å². The second-order valence-corrected chi connectivity index (χ2v) is 7.66. The number of nitrogen functional groups attached to an aromatic ring is 1. The smallest absolute Gasteiger partial charge is 0.151 e. The molecule has 6 heteroatoms. The normalized spacial score (nSPS) is 12.8. The molecule has 2 N–H and O–H groups in total. The van der Waals surface area contributed by atoms with Crippen molar-refractivity contribution in [2.75, 3.05) is 17.2 Å². The number of fused-ring (bicyclic) bond motifs is 1. The monoisotopic (exact) mass is 336 g/mol. The molecule has 0 aliphatic carbocycles. The van der Waals surface area contributed by atoms with Crippen LogP contribution in [0.1, 0.15) is 50.9 Å². The third-order valence-electron chi connectivity index (χ3n) is 4.11. The first-order valence-corrected chi connectivity index (χ1v) is 10.0.